The molecule has 0 atom stereocenters. The molecule has 2 aliphatic heterocycles. The maximum absolute atomic E-state index is 12.0. The fourth-order valence-electron chi connectivity index (χ4n) is 2.52. The zero-order chi connectivity index (χ0) is 11.9. The zero-order valence-corrected chi connectivity index (χ0v) is 10.1. The Balaban J connectivity index is 2.08. The third-order valence-corrected chi connectivity index (χ3v) is 3.75. The number of piperidine rings is 1. The molecule has 2 fully saturated rings. The Morgan fingerprint density at radius 3 is 2.19 bits per heavy atom. The predicted molar refractivity (Wildman–Crippen MR) is 60.0 cm³/mol. The van der Waals surface area contributed by atoms with E-state index in [0.29, 0.717) is 6.04 Å². The number of nitrogens with one attached hydrogen (secondary N) is 1. The van der Waals surface area contributed by atoms with Crippen LogP contribution in [0, 0.1) is 0 Å². The average Bonchev–Trinajstić information content (AvgIpc) is 2.45. The van der Waals surface area contributed by atoms with Gasteiger partial charge in [-0.25, -0.2) is 4.79 Å². The molecular weight excluding hydrogens is 206 g/mol. The molecule has 0 aromatic carbocycles. The summed E-state index contributed by atoms with van der Waals surface area (Å²) in [5, 5.41) is 2.84. The molecule has 0 unspecified atom stereocenters. The molecule has 90 valence electrons. The minimum atomic E-state index is -0.614. The van der Waals surface area contributed by atoms with Crippen molar-refractivity contribution < 1.29 is 9.59 Å². The number of nitrogens with zero attached hydrogens (tertiary/aromatic N) is 2. The Hall–Kier alpha value is -1.10. The van der Waals surface area contributed by atoms with Gasteiger partial charge in [-0.1, -0.05) is 0 Å². The summed E-state index contributed by atoms with van der Waals surface area (Å²) in [5.74, 6) is -0.0686. The molecule has 2 rings (SSSR count). The summed E-state index contributed by atoms with van der Waals surface area (Å²) >= 11 is 0. The van der Waals surface area contributed by atoms with Gasteiger partial charge in [0, 0.05) is 26.2 Å². The maximum atomic E-state index is 12.0. The number of carbonyl (C=O) groups is 2. The number of rotatable bonds is 1. The van der Waals surface area contributed by atoms with E-state index >= 15 is 0 Å². The molecule has 5 nitrogen and oxygen atoms in total. The van der Waals surface area contributed by atoms with E-state index in [1.165, 1.54) is 4.90 Å². The van der Waals surface area contributed by atoms with Crippen LogP contribution >= 0.6 is 0 Å². The van der Waals surface area contributed by atoms with Crippen molar-refractivity contribution in [1.82, 2.24) is 15.1 Å². The van der Waals surface area contributed by atoms with Crippen LogP contribution in [0.25, 0.3) is 0 Å². The first-order chi connectivity index (χ1) is 7.46. The molecule has 2 heterocycles. The summed E-state index contributed by atoms with van der Waals surface area (Å²) in [6.45, 7) is 6.05. The molecule has 2 aliphatic rings. The highest BCUT2D eigenvalue weighted by atomic mass is 16.2. The van der Waals surface area contributed by atoms with Crippen LogP contribution in [0.3, 0.4) is 0 Å². The molecule has 1 N–H and O–H groups in total. The lowest BCUT2D eigenvalue weighted by Gasteiger charge is -2.39. The van der Waals surface area contributed by atoms with Gasteiger partial charge in [0.05, 0.1) is 0 Å². The summed E-state index contributed by atoms with van der Waals surface area (Å²) in [6.07, 6.45) is 1.44. The lowest BCUT2D eigenvalue weighted by Crippen LogP contribution is -2.55. The van der Waals surface area contributed by atoms with Gasteiger partial charge in [-0.15, -0.1) is 0 Å². The number of likely N-dealkylation sites (tertiary alicyclic amines) is 1. The summed E-state index contributed by atoms with van der Waals surface area (Å²) in [7, 11) is 1.54. The average molecular weight is 225 g/mol. The smallest absolute Gasteiger partial charge is 0.323 e. The van der Waals surface area contributed by atoms with Crippen LogP contribution in [-0.4, -0.2) is 53.5 Å². The van der Waals surface area contributed by atoms with Crippen molar-refractivity contribution in [2.45, 2.75) is 38.3 Å². The highest BCUT2D eigenvalue weighted by Crippen LogP contribution is 2.29. The predicted octanol–water partition coefficient (Wildman–Crippen LogP) is 0.411. The van der Waals surface area contributed by atoms with Crippen molar-refractivity contribution in [3.8, 4) is 0 Å². The fraction of sp³-hybridized carbons (Fsp3) is 0.818. The number of urea groups is 1. The summed E-state index contributed by atoms with van der Waals surface area (Å²) in [4.78, 5) is 27.0. The molecule has 0 radical (unpaired) electrons. The van der Waals surface area contributed by atoms with Gasteiger partial charge < -0.3 is 10.2 Å². The molecule has 5 heteroatoms. The number of likely N-dealkylation sites (N-methyl/N-ethyl adjacent to an activating group) is 1. The van der Waals surface area contributed by atoms with E-state index < -0.39 is 5.54 Å². The van der Waals surface area contributed by atoms with E-state index in [2.05, 4.69) is 24.1 Å². The van der Waals surface area contributed by atoms with E-state index in [9.17, 15) is 9.59 Å². The van der Waals surface area contributed by atoms with E-state index in [1.54, 1.807) is 7.05 Å². The normalized spacial score (nSPS) is 25.6. The molecule has 0 saturated carbocycles. The Bertz CT molecular complexity index is 319. The van der Waals surface area contributed by atoms with Gasteiger partial charge >= 0.3 is 6.03 Å². The summed E-state index contributed by atoms with van der Waals surface area (Å²) in [6, 6.07) is 0.241. The molecule has 0 aromatic heterocycles. The summed E-state index contributed by atoms with van der Waals surface area (Å²) in [5.41, 5.74) is -0.614. The second-order valence-electron chi connectivity index (χ2n) is 5.01. The fourth-order valence-corrected chi connectivity index (χ4v) is 2.52. The molecule has 3 amide bonds. The maximum Gasteiger partial charge on any atom is 0.324 e. The Morgan fingerprint density at radius 2 is 1.81 bits per heavy atom. The summed E-state index contributed by atoms with van der Waals surface area (Å²) < 4.78 is 0. The van der Waals surface area contributed by atoms with Crippen molar-refractivity contribution in [1.29, 1.82) is 0 Å². The van der Waals surface area contributed by atoms with Crippen molar-refractivity contribution in [2.24, 2.45) is 0 Å². The second-order valence-corrected chi connectivity index (χ2v) is 5.01. The molecule has 0 bridgehead atoms. The van der Waals surface area contributed by atoms with Crippen molar-refractivity contribution in [3.63, 3.8) is 0 Å². The molecular formula is C11H19N3O2. The van der Waals surface area contributed by atoms with E-state index in [4.69, 9.17) is 0 Å². The van der Waals surface area contributed by atoms with Crippen LogP contribution < -0.4 is 5.32 Å². The third kappa shape index (κ3) is 1.59. The molecule has 1 spiro atoms. The minimum absolute atomic E-state index is 0.0686. The monoisotopic (exact) mass is 225 g/mol. The number of imide groups is 1. The molecule has 0 aromatic rings. The van der Waals surface area contributed by atoms with Crippen molar-refractivity contribution >= 4 is 11.9 Å². The van der Waals surface area contributed by atoms with E-state index in [0.717, 1.165) is 25.9 Å². The SMILES string of the molecule is CC(C)N1CCC2(CC1)NC(=O)N(C)C2=O. The molecule has 16 heavy (non-hydrogen) atoms. The Kier molecular flexibility index (Phi) is 2.66. The van der Waals surface area contributed by atoms with Gasteiger partial charge in [0.1, 0.15) is 5.54 Å². The van der Waals surface area contributed by atoms with Gasteiger partial charge in [0.2, 0.25) is 0 Å². The number of carbonyl (C=O) groups excluding carboxylic acids is 2. The van der Waals surface area contributed by atoms with Crippen LogP contribution in [0.4, 0.5) is 4.79 Å². The van der Waals surface area contributed by atoms with E-state index in [-0.39, 0.29) is 11.9 Å². The van der Waals surface area contributed by atoms with Gasteiger partial charge in [-0.3, -0.25) is 9.69 Å². The number of hydrogen-bond donors (Lipinski definition) is 1. The van der Waals surface area contributed by atoms with Crippen molar-refractivity contribution in [3.05, 3.63) is 0 Å². The first kappa shape index (κ1) is 11.4. The van der Waals surface area contributed by atoms with Crippen LogP contribution in [0.15, 0.2) is 0 Å². The molecule has 0 aliphatic carbocycles. The van der Waals surface area contributed by atoms with Gasteiger partial charge in [0.25, 0.3) is 5.91 Å². The zero-order valence-electron chi connectivity index (χ0n) is 10.1. The van der Waals surface area contributed by atoms with Crippen LogP contribution in [0.5, 0.6) is 0 Å². The van der Waals surface area contributed by atoms with E-state index in [1.807, 2.05) is 0 Å². The topological polar surface area (TPSA) is 52.7 Å². The first-order valence-electron chi connectivity index (χ1n) is 5.81. The largest absolute Gasteiger partial charge is 0.324 e. The van der Waals surface area contributed by atoms with Gasteiger partial charge in [0.15, 0.2) is 0 Å². The van der Waals surface area contributed by atoms with Crippen LogP contribution in [0.1, 0.15) is 26.7 Å². The number of amides is 3. The van der Waals surface area contributed by atoms with Crippen LogP contribution in [-0.2, 0) is 4.79 Å². The van der Waals surface area contributed by atoms with Crippen molar-refractivity contribution in [2.75, 3.05) is 20.1 Å². The lowest BCUT2D eigenvalue weighted by molar-refractivity contribution is -0.132. The second kappa shape index (κ2) is 3.73. The first-order valence-corrected chi connectivity index (χ1v) is 5.81. The Labute approximate surface area is 95.8 Å². The number of hydrogen-bond acceptors (Lipinski definition) is 3. The highest BCUT2D eigenvalue weighted by molar-refractivity contribution is 6.06. The molecule has 2 saturated heterocycles. The third-order valence-electron chi connectivity index (χ3n) is 3.75. The van der Waals surface area contributed by atoms with Crippen LogP contribution in [0.2, 0.25) is 0 Å². The van der Waals surface area contributed by atoms with Gasteiger partial charge in [-0.05, 0) is 26.7 Å². The van der Waals surface area contributed by atoms with Gasteiger partial charge in [-0.2, -0.15) is 0 Å². The quantitative estimate of drug-likeness (QED) is 0.658. The highest BCUT2D eigenvalue weighted by Gasteiger charge is 2.50. The standard InChI is InChI=1S/C11H19N3O2/c1-8(2)14-6-4-11(5-7-14)9(15)13(3)10(16)12-11/h8H,4-7H2,1-3H3,(H,12,16). The Morgan fingerprint density at radius 1 is 1.25 bits per heavy atom. The lowest BCUT2D eigenvalue weighted by atomic mass is 9.87. The minimum Gasteiger partial charge on any atom is -0.323 e.